The van der Waals surface area contributed by atoms with E-state index < -0.39 is 0 Å². The SMILES string of the molecule is C/C=C(/C)N(C)c1ccccc1NC.[Au]. The Kier molecular flexibility index (Phi) is 6.41. The van der Waals surface area contributed by atoms with Crippen LogP contribution in [0.5, 0.6) is 0 Å². The second-order valence-electron chi connectivity index (χ2n) is 3.26. The van der Waals surface area contributed by atoms with Crippen molar-refractivity contribution in [3.05, 3.63) is 36.0 Å². The van der Waals surface area contributed by atoms with Crippen LogP contribution in [0.2, 0.25) is 0 Å². The first kappa shape index (κ1) is 14.3. The third-order valence-corrected chi connectivity index (χ3v) is 2.48. The van der Waals surface area contributed by atoms with Crippen molar-refractivity contribution in [3.63, 3.8) is 0 Å². The zero-order valence-corrected chi connectivity index (χ0v) is 11.8. The van der Waals surface area contributed by atoms with E-state index in [2.05, 4.69) is 48.5 Å². The molecule has 15 heavy (non-hydrogen) atoms. The van der Waals surface area contributed by atoms with Gasteiger partial charge in [-0.2, -0.15) is 0 Å². The van der Waals surface area contributed by atoms with Crippen LogP contribution in [0.25, 0.3) is 0 Å². The number of hydrogen-bond acceptors (Lipinski definition) is 2. The standard InChI is InChI=1S/C12H18N2.Au/c1-5-10(2)14(4)12-9-7-6-8-11(12)13-3;/h5-9,13H,1-4H3;/b10-5-;. The minimum Gasteiger partial charge on any atom is -0.386 e. The molecule has 2 nitrogen and oxygen atoms in total. The van der Waals surface area contributed by atoms with Crippen molar-refractivity contribution < 1.29 is 22.4 Å². The summed E-state index contributed by atoms with van der Waals surface area (Å²) < 4.78 is 0. The van der Waals surface area contributed by atoms with Gasteiger partial charge in [-0.3, -0.25) is 0 Å². The van der Waals surface area contributed by atoms with E-state index in [9.17, 15) is 0 Å². The summed E-state index contributed by atoms with van der Waals surface area (Å²) in [5, 5.41) is 3.19. The molecule has 0 saturated heterocycles. The van der Waals surface area contributed by atoms with E-state index in [1.165, 1.54) is 11.4 Å². The van der Waals surface area contributed by atoms with Gasteiger partial charge in [0, 0.05) is 42.2 Å². The van der Waals surface area contributed by atoms with Gasteiger partial charge in [0.15, 0.2) is 0 Å². The van der Waals surface area contributed by atoms with E-state index in [1.807, 2.05) is 20.0 Å². The molecule has 0 amide bonds. The van der Waals surface area contributed by atoms with Gasteiger partial charge in [0.2, 0.25) is 0 Å². The molecule has 0 bridgehead atoms. The summed E-state index contributed by atoms with van der Waals surface area (Å²) in [4.78, 5) is 2.17. The Labute approximate surface area is 108 Å². The predicted octanol–water partition coefficient (Wildman–Crippen LogP) is 3.09. The molecule has 1 aromatic rings. The zero-order chi connectivity index (χ0) is 10.6. The number of benzene rings is 1. The molecule has 0 atom stereocenters. The Hall–Kier alpha value is -0.700. The van der Waals surface area contributed by atoms with E-state index in [0.717, 1.165) is 5.69 Å². The molecule has 1 radical (unpaired) electrons. The van der Waals surface area contributed by atoms with Crippen LogP contribution in [-0.4, -0.2) is 14.1 Å². The van der Waals surface area contributed by atoms with Gasteiger partial charge in [-0.1, -0.05) is 18.2 Å². The molecule has 0 unspecified atom stereocenters. The second-order valence-corrected chi connectivity index (χ2v) is 3.26. The summed E-state index contributed by atoms with van der Waals surface area (Å²) in [6, 6.07) is 8.28. The van der Waals surface area contributed by atoms with E-state index >= 15 is 0 Å². The monoisotopic (exact) mass is 387 g/mol. The molecule has 0 saturated carbocycles. The number of anilines is 2. The van der Waals surface area contributed by atoms with Crippen molar-refractivity contribution in [2.45, 2.75) is 13.8 Å². The predicted molar refractivity (Wildman–Crippen MR) is 63.8 cm³/mol. The van der Waals surface area contributed by atoms with Crippen molar-refractivity contribution in [3.8, 4) is 0 Å². The Morgan fingerprint density at radius 1 is 1.33 bits per heavy atom. The molecule has 3 heteroatoms. The average Bonchev–Trinajstić information content (AvgIpc) is 2.26. The number of nitrogens with zero attached hydrogens (tertiary/aromatic N) is 1. The van der Waals surface area contributed by atoms with Crippen molar-refractivity contribution in [1.29, 1.82) is 0 Å². The maximum absolute atomic E-state index is 3.19. The number of para-hydroxylation sites is 2. The fourth-order valence-electron chi connectivity index (χ4n) is 1.36. The molecule has 0 fully saturated rings. The van der Waals surface area contributed by atoms with Gasteiger partial charge in [-0.25, -0.2) is 0 Å². The van der Waals surface area contributed by atoms with Crippen molar-refractivity contribution in [2.24, 2.45) is 0 Å². The quantitative estimate of drug-likeness (QED) is 0.803. The first-order chi connectivity index (χ1) is 6.70. The van der Waals surface area contributed by atoms with Crippen LogP contribution in [-0.2, 0) is 22.4 Å². The van der Waals surface area contributed by atoms with Gasteiger partial charge in [0.1, 0.15) is 0 Å². The number of nitrogens with one attached hydrogen (secondary N) is 1. The Bertz CT molecular complexity index is 334. The smallest absolute Gasteiger partial charge is 0.0641 e. The van der Waals surface area contributed by atoms with Crippen LogP contribution in [0.15, 0.2) is 36.0 Å². The van der Waals surface area contributed by atoms with Crippen LogP contribution in [0.4, 0.5) is 11.4 Å². The topological polar surface area (TPSA) is 15.3 Å². The Morgan fingerprint density at radius 2 is 1.93 bits per heavy atom. The van der Waals surface area contributed by atoms with Gasteiger partial charge < -0.3 is 10.2 Å². The Balaban J connectivity index is 0.00000196. The first-order valence-corrected chi connectivity index (χ1v) is 4.84. The fraction of sp³-hybridized carbons (Fsp3) is 0.333. The van der Waals surface area contributed by atoms with Crippen molar-refractivity contribution >= 4 is 11.4 Å². The molecule has 1 rings (SSSR count). The summed E-state index contributed by atoms with van der Waals surface area (Å²) in [6.45, 7) is 4.15. The molecule has 0 aromatic heterocycles. The minimum atomic E-state index is 0. The van der Waals surface area contributed by atoms with Crippen LogP contribution < -0.4 is 10.2 Å². The van der Waals surface area contributed by atoms with Gasteiger partial charge in [0.25, 0.3) is 0 Å². The average molecular weight is 387 g/mol. The minimum absolute atomic E-state index is 0. The summed E-state index contributed by atoms with van der Waals surface area (Å²) in [6.07, 6.45) is 2.10. The maximum Gasteiger partial charge on any atom is 0.0641 e. The van der Waals surface area contributed by atoms with E-state index in [0.29, 0.717) is 0 Å². The van der Waals surface area contributed by atoms with Gasteiger partial charge in [-0.05, 0) is 26.0 Å². The summed E-state index contributed by atoms with van der Waals surface area (Å²) in [5.74, 6) is 0. The molecule has 0 aliphatic heterocycles. The van der Waals surface area contributed by atoms with Gasteiger partial charge in [0.05, 0.1) is 11.4 Å². The number of rotatable bonds is 3. The summed E-state index contributed by atoms with van der Waals surface area (Å²) >= 11 is 0. The van der Waals surface area contributed by atoms with Gasteiger partial charge in [-0.15, -0.1) is 0 Å². The van der Waals surface area contributed by atoms with Crippen LogP contribution in [0.3, 0.4) is 0 Å². The fourth-order valence-corrected chi connectivity index (χ4v) is 1.36. The molecule has 0 aliphatic carbocycles. The molecule has 0 aliphatic rings. The normalized spacial score (nSPS) is 10.5. The van der Waals surface area contributed by atoms with Gasteiger partial charge >= 0.3 is 0 Å². The third-order valence-electron chi connectivity index (χ3n) is 2.48. The largest absolute Gasteiger partial charge is 0.386 e. The summed E-state index contributed by atoms with van der Waals surface area (Å²) in [5.41, 5.74) is 3.59. The Morgan fingerprint density at radius 3 is 2.47 bits per heavy atom. The van der Waals surface area contributed by atoms with Crippen molar-refractivity contribution in [2.75, 3.05) is 24.3 Å². The van der Waals surface area contributed by atoms with E-state index in [-0.39, 0.29) is 22.4 Å². The molecule has 0 heterocycles. The number of hydrogen-bond donors (Lipinski definition) is 1. The molecular weight excluding hydrogens is 369 g/mol. The zero-order valence-electron chi connectivity index (χ0n) is 9.64. The molecule has 1 N–H and O–H groups in total. The van der Waals surface area contributed by atoms with Crippen LogP contribution in [0, 0.1) is 0 Å². The molecule has 0 spiro atoms. The van der Waals surface area contributed by atoms with Crippen molar-refractivity contribution in [1.82, 2.24) is 0 Å². The maximum atomic E-state index is 3.19. The van der Waals surface area contributed by atoms with E-state index in [1.54, 1.807) is 0 Å². The first-order valence-electron chi connectivity index (χ1n) is 4.84. The van der Waals surface area contributed by atoms with Crippen LogP contribution >= 0.6 is 0 Å². The summed E-state index contributed by atoms with van der Waals surface area (Å²) in [7, 11) is 4.02. The van der Waals surface area contributed by atoms with E-state index in [4.69, 9.17) is 0 Å². The third kappa shape index (κ3) is 3.42. The number of allylic oxidation sites excluding steroid dienone is 2. The molecule has 1 aromatic carbocycles. The molecule has 87 valence electrons. The second kappa shape index (κ2) is 6.72. The van der Waals surface area contributed by atoms with Crippen LogP contribution in [0.1, 0.15) is 13.8 Å². The molecular formula is C12H18AuN2.